The van der Waals surface area contributed by atoms with Gasteiger partial charge in [-0.15, -0.1) is 0 Å². The van der Waals surface area contributed by atoms with Gasteiger partial charge in [0.25, 0.3) is 0 Å². The molecule has 6 atom stereocenters. The average molecular weight is 266 g/mol. The molecule has 3 aliphatic rings. The Morgan fingerprint density at radius 2 is 1.95 bits per heavy atom. The molecule has 106 valence electrons. The number of hydrogen-bond donors (Lipinski definition) is 2. The fourth-order valence-corrected chi connectivity index (χ4v) is 4.41. The van der Waals surface area contributed by atoms with Crippen LogP contribution in [0, 0.1) is 17.8 Å². The molecule has 0 aromatic heterocycles. The van der Waals surface area contributed by atoms with Crippen LogP contribution in [0.5, 0.6) is 0 Å². The van der Waals surface area contributed by atoms with E-state index < -0.39 is 11.2 Å². The lowest BCUT2D eigenvalue weighted by Crippen LogP contribution is -2.41. The summed E-state index contributed by atoms with van der Waals surface area (Å²) in [5.41, 5.74) is -1.16. The van der Waals surface area contributed by atoms with Crippen LogP contribution in [-0.2, 0) is 9.53 Å². The quantitative estimate of drug-likeness (QED) is 0.514. The monoisotopic (exact) mass is 266 g/mol. The minimum Gasteiger partial charge on any atom is -0.458 e. The molecule has 1 heterocycles. The first kappa shape index (κ1) is 13.1. The van der Waals surface area contributed by atoms with Crippen LogP contribution in [0.25, 0.3) is 0 Å². The number of aliphatic hydroxyl groups is 2. The molecule has 1 aliphatic heterocycles. The van der Waals surface area contributed by atoms with Gasteiger partial charge in [-0.05, 0) is 44.9 Å². The SMILES string of the molecule is C=C1C(=O)O[C@H]2C[C@@](C)(O)[C@@H]3CC[C@](C)(O)[C@@H]3C[C@H]12. The molecule has 2 saturated carbocycles. The minimum atomic E-state index is -0.893. The Morgan fingerprint density at radius 3 is 2.63 bits per heavy atom. The molecule has 19 heavy (non-hydrogen) atoms. The van der Waals surface area contributed by atoms with Crippen LogP contribution < -0.4 is 0 Å². The van der Waals surface area contributed by atoms with E-state index in [1.807, 2.05) is 13.8 Å². The highest BCUT2D eigenvalue weighted by Gasteiger charge is 2.57. The minimum absolute atomic E-state index is 0.00347. The molecule has 2 aliphatic carbocycles. The Hall–Kier alpha value is -0.870. The van der Waals surface area contributed by atoms with Crippen LogP contribution in [0.4, 0.5) is 0 Å². The highest BCUT2D eigenvalue weighted by atomic mass is 16.6. The van der Waals surface area contributed by atoms with Crippen molar-refractivity contribution in [3.63, 3.8) is 0 Å². The van der Waals surface area contributed by atoms with E-state index in [9.17, 15) is 15.0 Å². The van der Waals surface area contributed by atoms with Crippen molar-refractivity contribution < 1.29 is 19.7 Å². The van der Waals surface area contributed by atoms with Crippen molar-refractivity contribution in [3.8, 4) is 0 Å². The molecule has 0 radical (unpaired) electrons. The molecule has 0 aromatic rings. The molecular formula is C15H22O4. The van der Waals surface area contributed by atoms with E-state index in [2.05, 4.69) is 6.58 Å². The van der Waals surface area contributed by atoms with E-state index in [0.717, 1.165) is 6.42 Å². The number of fused-ring (bicyclic) bond motifs is 2. The van der Waals surface area contributed by atoms with Gasteiger partial charge in [-0.25, -0.2) is 4.79 Å². The standard InChI is InChI=1S/C15H22O4/c1-8-9-6-11-10(4-5-14(11,2)17)15(3,18)7-12(9)19-13(8)16/h9-12,17-18H,1,4-7H2,2-3H3/t9-,10-,11-,12+,14+,15-/m1/s1. The third kappa shape index (κ3) is 1.84. The second-order valence-corrected chi connectivity index (χ2v) is 6.98. The Labute approximate surface area is 113 Å². The smallest absolute Gasteiger partial charge is 0.334 e. The van der Waals surface area contributed by atoms with Crippen molar-refractivity contribution in [3.05, 3.63) is 12.2 Å². The summed E-state index contributed by atoms with van der Waals surface area (Å²) in [5.74, 6) is -0.330. The van der Waals surface area contributed by atoms with Crippen LogP contribution in [0.1, 0.15) is 39.5 Å². The summed E-state index contributed by atoms with van der Waals surface area (Å²) in [4.78, 5) is 11.7. The van der Waals surface area contributed by atoms with Crippen LogP contribution in [-0.4, -0.2) is 33.5 Å². The third-order valence-corrected chi connectivity index (χ3v) is 5.58. The van der Waals surface area contributed by atoms with Crippen molar-refractivity contribution >= 4 is 5.97 Å². The molecule has 0 spiro atoms. The summed E-state index contributed by atoms with van der Waals surface area (Å²) >= 11 is 0. The summed E-state index contributed by atoms with van der Waals surface area (Å²) in [6, 6.07) is 0. The zero-order valence-electron chi connectivity index (χ0n) is 11.6. The molecule has 0 unspecified atom stereocenters. The number of hydrogen-bond acceptors (Lipinski definition) is 4. The van der Waals surface area contributed by atoms with E-state index in [-0.39, 0.29) is 29.8 Å². The second kappa shape index (κ2) is 3.83. The van der Waals surface area contributed by atoms with Crippen molar-refractivity contribution in [1.29, 1.82) is 0 Å². The number of carbonyl (C=O) groups excluding carboxylic acids is 1. The first-order chi connectivity index (χ1) is 8.72. The number of rotatable bonds is 0. The van der Waals surface area contributed by atoms with Crippen molar-refractivity contribution in [2.45, 2.75) is 56.8 Å². The molecule has 2 N–H and O–H groups in total. The topological polar surface area (TPSA) is 66.8 Å². The Balaban J connectivity index is 1.98. The summed E-state index contributed by atoms with van der Waals surface area (Å²) < 4.78 is 5.35. The lowest BCUT2D eigenvalue weighted by molar-refractivity contribution is -0.142. The van der Waals surface area contributed by atoms with Crippen LogP contribution >= 0.6 is 0 Å². The number of esters is 1. The first-order valence-electron chi connectivity index (χ1n) is 7.07. The summed E-state index contributed by atoms with van der Waals surface area (Å²) in [6.45, 7) is 7.48. The van der Waals surface area contributed by atoms with E-state index in [1.54, 1.807) is 0 Å². The fourth-order valence-electron chi connectivity index (χ4n) is 4.41. The molecule has 0 bridgehead atoms. The van der Waals surface area contributed by atoms with Gasteiger partial charge in [-0.1, -0.05) is 6.58 Å². The lowest BCUT2D eigenvalue weighted by atomic mass is 9.76. The predicted molar refractivity (Wildman–Crippen MR) is 69.2 cm³/mol. The van der Waals surface area contributed by atoms with Gasteiger partial charge in [0.2, 0.25) is 0 Å². The zero-order valence-corrected chi connectivity index (χ0v) is 11.6. The maximum Gasteiger partial charge on any atom is 0.334 e. The van der Waals surface area contributed by atoms with Crippen molar-refractivity contribution in [1.82, 2.24) is 0 Å². The molecule has 0 amide bonds. The predicted octanol–water partition coefficient (Wildman–Crippen LogP) is 1.41. The number of carbonyl (C=O) groups is 1. The van der Waals surface area contributed by atoms with Gasteiger partial charge in [0.15, 0.2) is 0 Å². The normalized spacial score (nSPS) is 53.5. The van der Waals surface area contributed by atoms with Gasteiger partial charge < -0.3 is 14.9 Å². The molecule has 0 aromatic carbocycles. The van der Waals surface area contributed by atoms with E-state index in [0.29, 0.717) is 24.8 Å². The molecule has 4 heteroatoms. The lowest BCUT2D eigenvalue weighted by Gasteiger charge is -2.35. The summed E-state index contributed by atoms with van der Waals surface area (Å²) in [7, 11) is 0. The molecule has 1 saturated heterocycles. The Bertz CT molecular complexity index is 437. The molecular weight excluding hydrogens is 244 g/mol. The molecule has 3 rings (SSSR count). The van der Waals surface area contributed by atoms with Crippen LogP contribution in [0.2, 0.25) is 0 Å². The maximum absolute atomic E-state index is 11.7. The van der Waals surface area contributed by atoms with Crippen molar-refractivity contribution in [2.24, 2.45) is 17.8 Å². The highest BCUT2D eigenvalue weighted by Crippen LogP contribution is 2.54. The van der Waals surface area contributed by atoms with Crippen LogP contribution in [0.15, 0.2) is 12.2 Å². The summed E-state index contributed by atoms with van der Waals surface area (Å²) in [5, 5.41) is 21.3. The largest absolute Gasteiger partial charge is 0.458 e. The molecule has 3 fully saturated rings. The Kier molecular flexibility index (Phi) is 2.64. The highest BCUT2D eigenvalue weighted by molar-refractivity contribution is 5.90. The van der Waals surface area contributed by atoms with Gasteiger partial charge in [0.1, 0.15) is 6.10 Å². The zero-order chi connectivity index (χ0) is 14.0. The molecule has 4 nitrogen and oxygen atoms in total. The first-order valence-corrected chi connectivity index (χ1v) is 7.07. The second-order valence-electron chi connectivity index (χ2n) is 6.98. The van der Waals surface area contributed by atoms with E-state index in [4.69, 9.17) is 4.74 Å². The van der Waals surface area contributed by atoms with E-state index >= 15 is 0 Å². The van der Waals surface area contributed by atoms with E-state index in [1.165, 1.54) is 0 Å². The van der Waals surface area contributed by atoms with Gasteiger partial charge >= 0.3 is 5.97 Å². The van der Waals surface area contributed by atoms with Gasteiger partial charge in [0.05, 0.1) is 11.2 Å². The number of ether oxygens (including phenoxy) is 1. The van der Waals surface area contributed by atoms with Gasteiger partial charge in [-0.3, -0.25) is 0 Å². The fraction of sp³-hybridized carbons (Fsp3) is 0.800. The summed E-state index contributed by atoms with van der Waals surface area (Å²) in [6.07, 6.45) is 2.38. The Morgan fingerprint density at radius 1 is 1.26 bits per heavy atom. The average Bonchev–Trinajstić information content (AvgIpc) is 2.66. The third-order valence-electron chi connectivity index (χ3n) is 5.58. The van der Waals surface area contributed by atoms with Gasteiger partial charge in [-0.2, -0.15) is 0 Å². The van der Waals surface area contributed by atoms with Crippen molar-refractivity contribution in [2.75, 3.05) is 0 Å². The maximum atomic E-state index is 11.7. The van der Waals surface area contributed by atoms with Crippen LogP contribution in [0.3, 0.4) is 0 Å². The van der Waals surface area contributed by atoms with Gasteiger partial charge in [0, 0.05) is 17.9 Å².